The van der Waals surface area contributed by atoms with Crippen molar-refractivity contribution in [3.8, 4) is 17.2 Å². The number of hydrogen-bond acceptors (Lipinski definition) is 5. The summed E-state index contributed by atoms with van der Waals surface area (Å²) in [5.74, 6) is 2.04. The van der Waals surface area contributed by atoms with Crippen LogP contribution in [0.25, 0.3) is 6.08 Å². The molecule has 0 heterocycles. The van der Waals surface area contributed by atoms with Gasteiger partial charge in [-0.15, -0.1) is 0 Å². The molecule has 5 nitrogen and oxygen atoms in total. The summed E-state index contributed by atoms with van der Waals surface area (Å²) in [6.45, 7) is 13.7. The fraction of sp³-hybridized carbons (Fsp3) is 0.417. The number of ether oxygens (including phenoxy) is 3. The molecule has 41 heavy (non-hydrogen) atoms. The molecule has 1 atom stereocenters. The van der Waals surface area contributed by atoms with Crippen molar-refractivity contribution in [3.05, 3.63) is 93.6 Å². The molecule has 0 fully saturated rings. The van der Waals surface area contributed by atoms with Crippen LogP contribution in [-0.4, -0.2) is 31.4 Å². The number of methoxy groups -OCH3 is 1. The molecule has 0 radical (unpaired) electrons. The quantitative estimate of drug-likeness (QED) is 0.122. The van der Waals surface area contributed by atoms with Crippen LogP contribution in [0.4, 0.5) is 0 Å². The Morgan fingerprint density at radius 2 is 1.44 bits per heavy atom. The number of aryl methyl sites for hydroxylation is 4. The van der Waals surface area contributed by atoms with Crippen LogP contribution < -0.4 is 9.47 Å². The van der Waals surface area contributed by atoms with Crippen LogP contribution >= 0.6 is 0 Å². The van der Waals surface area contributed by atoms with Crippen molar-refractivity contribution in [2.45, 2.75) is 73.1 Å². The lowest BCUT2D eigenvalue weighted by Gasteiger charge is -2.27. The lowest BCUT2D eigenvalue weighted by atomic mass is 9.79. The van der Waals surface area contributed by atoms with Gasteiger partial charge < -0.3 is 19.3 Å². The van der Waals surface area contributed by atoms with E-state index in [1.807, 2.05) is 37.3 Å². The van der Waals surface area contributed by atoms with Crippen molar-refractivity contribution >= 4 is 12.0 Å². The van der Waals surface area contributed by atoms with Crippen molar-refractivity contribution in [3.63, 3.8) is 0 Å². The molecule has 0 saturated heterocycles. The molecule has 3 rings (SSSR count). The molecule has 0 bridgehead atoms. The molecule has 0 spiro atoms. The van der Waals surface area contributed by atoms with Gasteiger partial charge in [0.15, 0.2) is 0 Å². The first-order chi connectivity index (χ1) is 19.6. The fourth-order valence-corrected chi connectivity index (χ4v) is 5.36. The van der Waals surface area contributed by atoms with Gasteiger partial charge in [0.05, 0.1) is 20.3 Å². The minimum atomic E-state index is -0.332. The Morgan fingerprint density at radius 1 is 0.829 bits per heavy atom. The van der Waals surface area contributed by atoms with E-state index in [1.165, 1.54) is 11.6 Å². The summed E-state index contributed by atoms with van der Waals surface area (Å²) in [5.41, 5.74) is 7.36. The Kier molecular flexibility index (Phi) is 11.9. The SMILES string of the molecule is COc1ccc(/C=C/C(=O)OCCCCCCOc2c(C)cc(C)cc2C(c2cc(C)cc(C)c2O)C(C)C)cc1. The van der Waals surface area contributed by atoms with Crippen molar-refractivity contribution in [2.75, 3.05) is 20.3 Å². The minimum absolute atomic E-state index is 0.0238. The van der Waals surface area contributed by atoms with Gasteiger partial charge in [-0.05, 0) is 94.2 Å². The Bertz CT molecular complexity index is 1320. The fourth-order valence-electron chi connectivity index (χ4n) is 5.36. The summed E-state index contributed by atoms with van der Waals surface area (Å²) < 4.78 is 16.9. The number of rotatable bonds is 14. The topological polar surface area (TPSA) is 65.0 Å². The van der Waals surface area contributed by atoms with Gasteiger partial charge in [0.25, 0.3) is 0 Å². The third-order valence-corrected chi connectivity index (χ3v) is 7.32. The second kappa shape index (κ2) is 15.3. The molecule has 5 heteroatoms. The zero-order chi connectivity index (χ0) is 29.9. The Balaban J connectivity index is 1.51. The molecule has 1 unspecified atom stereocenters. The monoisotopic (exact) mass is 558 g/mol. The Labute approximate surface area is 246 Å². The van der Waals surface area contributed by atoms with E-state index in [1.54, 1.807) is 13.2 Å². The first kappa shape index (κ1) is 31.8. The number of esters is 1. The molecule has 0 aliphatic carbocycles. The van der Waals surface area contributed by atoms with Crippen LogP contribution in [-0.2, 0) is 9.53 Å². The molecule has 0 aliphatic heterocycles. The average molecular weight is 559 g/mol. The minimum Gasteiger partial charge on any atom is -0.507 e. The highest BCUT2D eigenvalue weighted by molar-refractivity contribution is 5.87. The number of hydrogen-bond donors (Lipinski definition) is 1. The van der Waals surface area contributed by atoms with Gasteiger partial charge in [0, 0.05) is 23.1 Å². The molecule has 3 aromatic carbocycles. The number of aromatic hydroxyl groups is 1. The lowest BCUT2D eigenvalue weighted by molar-refractivity contribution is -0.137. The highest BCUT2D eigenvalue weighted by atomic mass is 16.5. The van der Waals surface area contributed by atoms with Gasteiger partial charge in [-0.25, -0.2) is 4.79 Å². The van der Waals surface area contributed by atoms with E-state index in [4.69, 9.17) is 14.2 Å². The molecule has 0 amide bonds. The van der Waals surface area contributed by atoms with Crippen molar-refractivity contribution in [1.82, 2.24) is 0 Å². The summed E-state index contributed by atoms with van der Waals surface area (Å²) in [6, 6.07) is 16.0. The third-order valence-electron chi connectivity index (χ3n) is 7.32. The Hall–Kier alpha value is -3.73. The molecular formula is C36H46O5. The summed E-state index contributed by atoms with van der Waals surface area (Å²) in [7, 11) is 1.62. The van der Waals surface area contributed by atoms with E-state index in [-0.39, 0.29) is 17.8 Å². The second-order valence-corrected chi connectivity index (χ2v) is 11.3. The van der Waals surface area contributed by atoms with Gasteiger partial charge in [0.2, 0.25) is 0 Å². The van der Waals surface area contributed by atoms with Crippen molar-refractivity contribution in [1.29, 1.82) is 0 Å². The van der Waals surface area contributed by atoms with E-state index in [9.17, 15) is 9.90 Å². The van der Waals surface area contributed by atoms with E-state index >= 15 is 0 Å². The van der Waals surface area contributed by atoms with Crippen LogP contribution in [0.15, 0.2) is 54.6 Å². The molecule has 0 aromatic heterocycles. The highest BCUT2D eigenvalue weighted by Gasteiger charge is 2.27. The molecule has 220 valence electrons. The van der Waals surface area contributed by atoms with Crippen molar-refractivity contribution in [2.24, 2.45) is 5.92 Å². The number of carbonyl (C=O) groups is 1. The van der Waals surface area contributed by atoms with E-state index in [0.717, 1.165) is 70.6 Å². The summed E-state index contributed by atoms with van der Waals surface area (Å²) in [5, 5.41) is 11.0. The number of phenolic OH excluding ortho intramolecular Hbond substituents is 1. The van der Waals surface area contributed by atoms with Gasteiger partial charge in [0.1, 0.15) is 17.2 Å². The first-order valence-corrected chi connectivity index (χ1v) is 14.6. The lowest BCUT2D eigenvalue weighted by Crippen LogP contribution is -2.13. The van der Waals surface area contributed by atoms with Crippen LogP contribution in [0.3, 0.4) is 0 Å². The van der Waals surface area contributed by atoms with Crippen LogP contribution in [0.2, 0.25) is 0 Å². The molecule has 0 aliphatic rings. The second-order valence-electron chi connectivity index (χ2n) is 11.3. The zero-order valence-corrected chi connectivity index (χ0v) is 25.8. The number of unbranched alkanes of at least 4 members (excludes halogenated alkanes) is 3. The number of benzene rings is 3. The normalized spacial score (nSPS) is 12.1. The van der Waals surface area contributed by atoms with Crippen LogP contribution in [0.5, 0.6) is 17.2 Å². The standard InChI is InChI=1S/C36H46O5/c1-24(2)34(31-22-25(3)20-27(5)35(31)38)32-23-26(4)21-28(6)36(32)41-19-11-9-8-10-18-40-33(37)17-14-29-12-15-30(39-7)16-13-29/h12-17,20-24,34,38H,8-11,18-19H2,1-7H3/b17-14+. The van der Waals surface area contributed by atoms with Crippen LogP contribution in [0, 0.1) is 33.6 Å². The number of phenols is 1. The molecular weight excluding hydrogens is 512 g/mol. The van der Waals surface area contributed by atoms with E-state index < -0.39 is 0 Å². The predicted molar refractivity (Wildman–Crippen MR) is 167 cm³/mol. The summed E-state index contributed by atoms with van der Waals surface area (Å²) in [4.78, 5) is 12.0. The van der Waals surface area contributed by atoms with Gasteiger partial charge in [-0.1, -0.05) is 61.4 Å². The number of carbonyl (C=O) groups excluding carboxylic acids is 1. The molecule has 1 N–H and O–H groups in total. The van der Waals surface area contributed by atoms with Gasteiger partial charge in [-0.2, -0.15) is 0 Å². The van der Waals surface area contributed by atoms with Gasteiger partial charge in [-0.3, -0.25) is 0 Å². The Morgan fingerprint density at radius 3 is 2.07 bits per heavy atom. The first-order valence-electron chi connectivity index (χ1n) is 14.6. The molecule has 0 saturated carbocycles. The maximum atomic E-state index is 12.0. The molecule has 3 aromatic rings. The summed E-state index contributed by atoms with van der Waals surface area (Å²) in [6.07, 6.45) is 6.89. The van der Waals surface area contributed by atoms with Gasteiger partial charge >= 0.3 is 5.97 Å². The smallest absolute Gasteiger partial charge is 0.330 e. The summed E-state index contributed by atoms with van der Waals surface area (Å²) >= 11 is 0. The van der Waals surface area contributed by atoms with Crippen molar-refractivity contribution < 1.29 is 24.1 Å². The maximum absolute atomic E-state index is 12.0. The highest BCUT2D eigenvalue weighted by Crippen LogP contribution is 2.44. The zero-order valence-electron chi connectivity index (χ0n) is 25.8. The largest absolute Gasteiger partial charge is 0.507 e. The predicted octanol–water partition coefficient (Wildman–Crippen LogP) is 8.62. The van der Waals surface area contributed by atoms with E-state index in [0.29, 0.717) is 19.0 Å². The van der Waals surface area contributed by atoms with E-state index in [2.05, 4.69) is 52.8 Å². The third kappa shape index (κ3) is 9.14. The van der Waals surface area contributed by atoms with Crippen LogP contribution in [0.1, 0.15) is 84.4 Å². The average Bonchev–Trinajstić information content (AvgIpc) is 2.92. The maximum Gasteiger partial charge on any atom is 0.330 e.